The standard InChI is InChI=1S/C14H15F3N4S.HI/c15-14(16,17)11-9-22-12(21-11)8-20-13(18)19-7-6-10-4-2-1-3-5-10;/h1-5,9H,6-8H2,(H3,18,19,20);1H. The molecular weight excluding hydrogens is 440 g/mol. The molecule has 4 nitrogen and oxygen atoms in total. The summed E-state index contributed by atoms with van der Waals surface area (Å²) in [5.74, 6) is 0.194. The normalized spacial score (nSPS) is 11.9. The van der Waals surface area contributed by atoms with E-state index in [1.165, 1.54) is 0 Å². The van der Waals surface area contributed by atoms with Crippen molar-refractivity contribution in [2.45, 2.75) is 19.1 Å². The van der Waals surface area contributed by atoms with Crippen LogP contribution in [0.4, 0.5) is 13.2 Å². The zero-order valence-corrected chi connectivity index (χ0v) is 15.2. The number of aliphatic imine (C=N–C) groups is 1. The number of nitrogens with one attached hydrogen (secondary N) is 1. The molecule has 0 saturated carbocycles. The minimum atomic E-state index is -4.42. The fraction of sp³-hybridized carbons (Fsp3) is 0.286. The summed E-state index contributed by atoms with van der Waals surface area (Å²) in [4.78, 5) is 7.47. The third-order valence-corrected chi connectivity index (χ3v) is 3.62. The van der Waals surface area contributed by atoms with E-state index in [-0.39, 0.29) is 41.5 Å². The maximum absolute atomic E-state index is 12.4. The van der Waals surface area contributed by atoms with Gasteiger partial charge in [-0.15, -0.1) is 35.3 Å². The molecular formula is C14H16F3IN4S. The van der Waals surface area contributed by atoms with Crippen LogP contribution in [0.5, 0.6) is 0 Å². The smallest absolute Gasteiger partial charge is 0.370 e. The Morgan fingerprint density at radius 2 is 1.96 bits per heavy atom. The van der Waals surface area contributed by atoms with Crippen LogP contribution in [-0.4, -0.2) is 17.5 Å². The fourth-order valence-electron chi connectivity index (χ4n) is 1.70. The van der Waals surface area contributed by atoms with Gasteiger partial charge in [0.1, 0.15) is 5.01 Å². The van der Waals surface area contributed by atoms with Gasteiger partial charge in [-0.2, -0.15) is 13.2 Å². The summed E-state index contributed by atoms with van der Waals surface area (Å²) in [5.41, 5.74) is 5.95. The topological polar surface area (TPSA) is 63.3 Å². The van der Waals surface area contributed by atoms with Gasteiger partial charge in [-0.3, -0.25) is 0 Å². The number of rotatable bonds is 5. The van der Waals surface area contributed by atoms with Gasteiger partial charge in [-0.1, -0.05) is 30.3 Å². The molecule has 0 aliphatic rings. The Bertz CT molecular complexity index is 628. The molecule has 126 valence electrons. The third-order valence-electron chi connectivity index (χ3n) is 2.79. The van der Waals surface area contributed by atoms with Gasteiger partial charge in [0.25, 0.3) is 0 Å². The molecule has 9 heteroatoms. The Balaban J connectivity index is 0.00000264. The Morgan fingerprint density at radius 1 is 1.26 bits per heavy atom. The van der Waals surface area contributed by atoms with Gasteiger partial charge in [0.2, 0.25) is 0 Å². The number of aromatic nitrogens is 1. The molecule has 2 rings (SSSR count). The summed E-state index contributed by atoms with van der Waals surface area (Å²) in [6.45, 7) is 0.635. The van der Waals surface area contributed by atoms with Crippen molar-refractivity contribution in [1.29, 1.82) is 0 Å². The van der Waals surface area contributed by atoms with Gasteiger partial charge >= 0.3 is 6.18 Å². The lowest BCUT2D eigenvalue weighted by Crippen LogP contribution is -2.33. The molecule has 0 spiro atoms. The summed E-state index contributed by atoms with van der Waals surface area (Å²) in [6, 6.07) is 9.85. The highest BCUT2D eigenvalue weighted by Crippen LogP contribution is 2.30. The van der Waals surface area contributed by atoms with Crippen LogP contribution in [0.2, 0.25) is 0 Å². The van der Waals surface area contributed by atoms with Crippen LogP contribution in [0.1, 0.15) is 16.3 Å². The number of benzene rings is 1. The van der Waals surface area contributed by atoms with Crippen molar-refractivity contribution in [3.63, 3.8) is 0 Å². The lowest BCUT2D eigenvalue weighted by atomic mass is 10.1. The summed E-state index contributed by atoms with van der Waals surface area (Å²) in [6.07, 6.45) is -3.63. The zero-order chi connectivity index (χ0) is 16.0. The Kier molecular flexibility index (Phi) is 7.76. The largest absolute Gasteiger partial charge is 0.434 e. The number of nitrogens with two attached hydrogens (primary N) is 1. The number of guanidine groups is 1. The van der Waals surface area contributed by atoms with Crippen molar-refractivity contribution in [3.8, 4) is 0 Å². The predicted octanol–water partition coefficient (Wildman–Crippen LogP) is 3.43. The molecule has 0 fully saturated rings. The van der Waals surface area contributed by atoms with Crippen LogP contribution in [0.3, 0.4) is 0 Å². The molecule has 0 amide bonds. The molecule has 1 heterocycles. The minimum Gasteiger partial charge on any atom is -0.370 e. The first kappa shape index (κ1) is 19.7. The molecule has 0 bridgehead atoms. The third kappa shape index (κ3) is 6.73. The van der Waals surface area contributed by atoms with Gasteiger partial charge < -0.3 is 11.1 Å². The second-order valence-electron chi connectivity index (χ2n) is 4.49. The van der Waals surface area contributed by atoms with Crippen LogP contribution < -0.4 is 11.1 Å². The monoisotopic (exact) mass is 456 g/mol. The van der Waals surface area contributed by atoms with E-state index in [0.717, 1.165) is 28.7 Å². The van der Waals surface area contributed by atoms with E-state index in [1.807, 2.05) is 30.3 Å². The average molecular weight is 456 g/mol. The van der Waals surface area contributed by atoms with Crippen molar-refractivity contribution in [1.82, 2.24) is 10.3 Å². The maximum Gasteiger partial charge on any atom is 0.434 e. The van der Waals surface area contributed by atoms with E-state index < -0.39 is 11.9 Å². The van der Waals surface area contributed by atoms with Crippen molar-refractivity contribution in [3.05, 3.63) is 52.0 Å². The second-order valence-corrected chi connectivity index (χ2v) is 5.43. The van der Waals surface area contributed by atoms with Crippen LogP contribution >= 0.6 is 35.3 Å². The van der Waals surface area contributed by atoms with E-state index in [9.17, 15) is 13.2 Å². The highest BCUT2D eigenvalue weighted by atomic mass is 127. The van der Waals surface area contributed by atoms with E-state index in [2.05, 4.69) is 15.3 Å². The molecule has 0 saturated heterocycles. The van der Waals surface area contributed by atoms with Crippen molar-refractivity contribution < 1.29 is 13.2 Å². The van der Waals surface area contributed by atoms with Crippen molar-refractivity contribution in [2.75, 3.05) is 6.54 Å². The molecule has 2 aromatic rings. The number of alkyl halides is 3. The van der Waals surface area contributed by atoms with Gasteiger partial charge in [-0.05, 0) is 12.0 Å². The first-order chi connectivity index (χ1) is 10.4. The second kappa shape index (κ2) is 9.06. The van der Waals surface area contributed by atoms with E-state index in [0.29, 0.717) is 6.54 Å². The highest BCUT2D eigenvalue weighted by molar-refractivity contribution is 14.0. The number of thiazole rings is 1. The fourth-order valence-corrected chi connectivity index (χ4v) is 2.43. The molecule has 3 N–H and O–H groups in total. The van der Waals surface area contributed by atoms with Crippen molar-refractivity contribution >= 4 is 41.3 Å². The van der Waals surface area contributed by atoms with E-state index in [4.69, 9.17) is 5.73 Å². The molecule has 0 unspecified atom stereocenters. The van der Waals surface area contributed by atoms with E-state index >= 15 is 0 Å². The van der Waals surface area contributed by atoms with E-state index in [1.54, 1.807) is 0 Å². The predicted molar refractivity (Wildman–Crippen MR) is 96.0 cm³/mol. The lowest BCUT2D eigenvalue weighted by Gasteiger charge is -2.05. The van der Waals surface area contributed by atoms with Crippen LogP contribution in [0.15, 0.2) is 40.7 Å². The SMILES string of the molecule is I.NC(=NCc1nc(C(F)(F)F)cs1)NCCc1ccccc1. The van der Waals surface area contributed by atoms with Crippen LogP contribution in [0.25, 0.3) is 0 Å². The maximum atomic E-state index is 12.4. The summed E-state index contributed by atoms with van der Waals surface area (Å²) in [5, 5.41) is 4.17. The van der Waals surface area contributed by atoms with Crippen LogP contribution in [-0.2, 0) is 19.1 Å². The lowest BCUT2D eigenvalue weighted by molar-refractivity contribution is -0.140. The van der Waals surface area contributed by atoms with Crippen molar-refractivity contribution in [2.24, 2.45) is 10.7 Å². The first-order valence-electron chi connectivity index (χ1n) is 6.54. The first-order valence-corrected chi connectivity index (χ1v) is 7.42. The van der Waals surface area contributed by atoms with Gasteiger partial charge in [0.15, 0.2) is 11.7 Å². The Labute approximate surface area is 153 Å². The van der Waals surface area contributed by atoms with Crippen LogP contribution in [0, 0.1) is 0 Å². The summed E-state index contributed by atoms with van der Waals surface area (Å²) >= 11 is 0.918. The number of hydrogen-bond acceptors (Lipinski definition) is 3. The average Bonchev–Trinajstić information content (AvgIpc) is 2.95. The molecule has 0 radical (unpaired) electrons. The Hall–Kier alpha value is -1.36. The summed E-state index contributed by atoms with van der Waals surface area (Å²) in [7, 11) is 0. The van der Waals surface area contributed by atoms with Gasteiger partial charge in [0, 0.05) is 11.9 Å². The summed E-state index contributed by atoms with van der Waals surface area (Å²) < 4.78 is 37.2. The number of halogens is 4. The number of hydrogen-bond donors (Lipinski definition) is 2. The van der Waals surface area contributed by atoms with Gasteiger partial charge in [0.05, 0.1) is 6.54 Å². The zero-order valence-electron chi connectivity index (χ0n) is 12.0. The Morgan fingerprint density at radius 3 is 2.57 bits per heavy atom. The quantitative estimate of drug-likeness (QED) is 0.412. The molecule has 1 aromatic heterocycles. The molecule has 0 aliphatic carbocycles. The molecule has 23 heavy (non-hydrogen) atoms. The molecule has 0 atom stereocenters. The van der Waals surface area contributed by atoms with Gasteiger partial charge in [-0.25, -0.2) is 9.98 Å². The minimum absolute atomic E-state index is 0. The number of nitrogens with zero attached hydrogens (tertiary/aromatic N) is 2. The highest BCUT2D eigenvalue weighted by Gasteiger charge is 2.33. The molecule has 0 aliphatic heterocycles. The molecule has 1 aromatic carbocycles.